The summed E-state index contributed by atoms with van der Waals surface area (Å²) in [6.07, 6.45) is -4.46. The van der Waals surface area contributed by atoms with Crippen LogP contribution in [0.2, 0.25) is 0 Å². The average Bonchev–Trinajstić information content (AvgIpc) is 2.92. The second kappa shape index (κ2) is 4.47. The van der Waals surface area contributed by atoms with Crippen molar-refractivity contribution >= 4 is 27.2 Å². The number of rotatable bonds is 0. The Kier molecular flexibility index (Phi) is 2.73. The topological polar surface area (TPSA) is 17.3 Å². The van der Waals surface area contributed by atoms with Crippen LogP contribution in [0.15, 0.2) is 42.5 Å². The second-order valence-electron chi connectivity index (χ2n) is 5.89. The molecule has 2 aromatic heterocycles. The molecule has 0 saturated heterocycles. The number of alkyl halides is 3. The van der Waals surface area contributed by atoms with Gasteiger partial charge in [-0.15, -0.1) is 0 Å². The third kappa shape index (κ3) is 2.07. The first-order valence-corrected chi connectivity index (χ1v) is 7.24. The van der Waals surface area contributed by atoms with Gasteiger partial charge < -0.3 is 0 Å². The van der Waals surface area contributed by atoms with Crippen LogP contribution >= 0.6 is 0 Å². The van der Waals surface area contributed by atoms with Crippen molar-refractivity contribution in [2.24, 2.45) is 0 Å². The first-order valence-electron chi connectivity index (χ1n) is 7.24. The number of hydrogen-bond donors (Lipinski definition) is 0. The maximum atomic E-state index is 13.1. The molecule has 0 radical (unpaired) electrons. The molecule has 2 aromatic carbocycles. The van der Waals surface area contributed by atoms with Crippen LogP contribution in [0.25, 0.3) is 27.2 Å². The molecule has 0 saturated carbocycles. The van der Waals surface area contributed by atoms with Crippen molar-refractivity contribution in [3.8, 4) is 0 Å². The van der Waals surface area contributed by atoms with Gasteiger partial charge in [0.05, 0.1) is 11.0 Å². The summed E-state index contributed by atoms with van der Waals surface area (Å²) in [6.45, 7) is 3.89. The highest BCUT2D eigenvalue weighted by molar-refractivity contribution is 6.12. The predicted octanol–water partition coefficient (Wildman–Crippen LogP) is 5.28. The highest BCUT2D eigenvalue weighted by Crippen LogP contribution is 2.35. The molecule has 0 bridgehead atoms. The van der Waals surface area contributed by atoms with Crippen molar-refractivity contribution in [2.45, 2.75) is 20.0 Å². The van der Waals surface area contributed by atoms with Gasteiger partial charge in [-0.2, -0.15) is 18.3 Å². The van der Waals surface area contributed by atoms with Gasteiger partial charge in [-0.1, -0.05) is 29.3 Å². The molecular weight excluding hydrogens is 301 g/mol. The number of aryl methyl sites for hydroxylation is 2. The maximum absolute atomic E-state index is 13.1. The van der Waals surface area contributed by atoms with E-state index in [-0.39, 0.29) is 0 Å². The molecule has 0 unspecified atom stereocenters. The van der Waals surface area contributed by atoms with Gasteiger partial charge >= 0.3 is 6.18 Å². The fourth-order valence-electron chi connectivity index (χ4n) is 3.05. The van der Waals surface area contributed by atoms with Crippen molar-refractivity contribution in [2.75, 3.05) is 0 Å². The molecule has 23 heavy (non-hydrogen) atoms. The highest BCUT2D eigenvalue weighted by atomic mass is 19.4. The maximum Gasteiger partial charge on any atom is 0.435 e. The molecule has 0 amide bonds. The minimum Gasteiger partial charge on any atom is -0.232 e. The minimum atomic E-state index is -4.46. The van der Waals surface area contributed by atoms with Crippen LogP contribution in [0, 0.1) is 13.8 Å². The van der Waals surface area contributed by atoms with Crippen LogP contribution in [-0.2, 0) is 6.18 Å². The number of fused-ring (bicyclic) bond motifs is 6. The summed E-state index contributed by atoms with van der Waals surface area (Å²) in [5.41, 5.74) is 2.35. The van der Waals surface area contributed by atoms with E-state index >= 15 is 0 Å². The van der Waals surface area contributed by atoms with E-state index < -0.39 is 11.9 Å². The van der Waals surface area contributed by atoms with Crippen molar-refractivity contribution < 1.29 is 13.2 Å². The number of halogens is 3. The standard InChI is InChI=1S/C18H13F3N2/c1-10-3-5-12-13-7-11(2)4-6-15(13)23-16(14(12)8-10)9-17(22-23)18(19,20)21/h3-9H,1-2H3. The molecule has 0 aliphatic rings. The molecule has 0 aliphatic carbocycles. The normalized spacial score (nSPS) is 12.6. The van der Waals surface area contributed by atoms with Crippen LogP contribution in [0.1, 0.15) is 16.8 Å². The van der Waals surface area contributed by atoms with Crippen LogP contribution in [0.3, 0.4) is 0 Å². The van der Waals surface area contributed by atoms with Crippen molar-refractivity contribution in [3.05, 3.63) is 59.3 Å². The molecule has 4 aromatic rings. The van der Waals surface area contributed by atoms with Gasteiger partial charge in [0, 0.05) is 10.8 Å². The van der Waals surface area contributed by atoms with E-state index in [2.05, 4.69) is 5.10 Å². The largest absolute Gasteiger partial charge is 0.435 e. The Bertz CT molecular complexity index is 1070. The smallest absolute Gasteiger partial charge is 0.232 e. The lowest BCUT2D eigenvalue weighted by atomic mass is 10.0. The second-order valence-corrected chi connectivity index (χ2v) is 5.89. The quantitative estimate of drug-likeness (QED) is 0.404. The van der Waals surface area contributed by atoms with E-state index in [0.29, 0.717) is 11.0 Å². The Morgan fingerprint density at radius 3 is 2.04 bits per heavy atom. The third-order valence-electron chi connectivity index (χ3n) is 4.12. The summed E-state index contributed by atoms with van der Waals surface area (Å²) < 4.78 is 40.7. The first kappa shape index (κ1) is 14.1. The SMILES string of the molecule is Cc1ccc2c(c1)c1ccc(C)cc1c1cc(C(F)(F)F)nn21. The predicted molar refractivity (Wildman–Crippen MR) is 84.7 cm³/mol. The van der Waals surface area contributed by atoms with Gasteiger partial charge in [0.15, 0.2) is 5.69 Å². The molecule has 2 nitrogen and oxygen atoms in total. The number of aromatic nitrogens is 2. The Balaban J connectivity index is 2.29. The fraction of sp³-hybridized carbons (Fsp3) is 0.167. The van der Waals surface area contributed by atoms with E-state index in [9.17, 15) is 13.2 Å². The Hall–Kier alpha value is -2.56. The number of benzene rings is 2. The summed E-state index contributed by atoms with van der Waals surface area (Å²) in [5.74, 6) is 0. The van der Waals surface area contributed by atoms with Crippen LogP contribution in [0.4, 0.5) is 13.2 Å². The van der Waals surface area contributed by atoms with Crippen LogP contribution in [0.5, 0.6) is 0 Å². The highest BCUT2D eigenvalue weighted by Gasteiger charge is 2.34. The monoisotopic (exact) mass is 314 g/mol. The molecule has 0 fully saturated rings. The average molecular weight is 314 g/mol. The van der Waals surface area contributed by atoms with Crippen molar-refractivity contribution in [1.82, 2.24) is 9.61 Å². The van der Waals surface area contributed by atoms with E-state index in [1.807, 2.05) is 50.2 Å². The number of pyridine rings is 1. The summed E-state index contributed by atoms with van der Waals surface area (Å²) in [5, 5.41) is 6.44. The lowest BCUT2D eigenvalue weighted by Gasteiger charge is -2.09. The number of nitrogens with zero attached hydrogens (tertiary/aromatic N) is 2. The van der Waals surface area contributed by atoms with Crippen molar-refractivity contribution in [1.29, 1.82) is 0 Å². The summed E-state index contributed by atoms with van der Waals surface area (Å²) in [6, 6.07) is 12.7. The lowest BCUT2D eigenvalue weighted by Crippen LogP contribution is -2.05. The number of hydrogen-bond acceptors (Lipinski definition) is 1. The minimum absolute atomic E-state index is 0.479. The Morgan fingerprint density at radius 1 is 0.783 bits per heavy atom. The van der Waals surface area contributed by atoms with Gasteiger partial charge in [-0.25, -0.2) is 4.52 Å². The van der Waals surface area contributed by atoms with Gasteiger partial charge in [0.1, 0.15) is 0 Å². The molecular formula is C18H13F3N2. The van der Waals surface area contributed by atoms with Gasteiger partial charge in [0.25, 0.3) is 0 Å². The van der Waals surface area contributed by atoms with E-state index in [1.165, 1.54) is 4.52 Å². The molecule has 0 aliphatic heterocycles. The summed E-state index contributed by atoms with van der Waals surface area (Å²) >= 11 is 0. The Morgan fingerprint density at radius 2 is 1.39 bits per heavy atom. The fourth-order valence-corrected chi connectivity index (χ4v) is 3.05. The Labute approximate surface area is 130 Å². The summed E-state index contributed by atoms with van der Waals surface area (Å²) in [4.78, 5) is 0. The molecule has 5 heteroatoms. The van der Waals surface area contributed by atoms with E-state index in [1.54, 1.807) is 0 Å². The first-order chi connectivity index (χ1) is 10.8. The lowest BCUT2D eigenvalue weighted by molar-refractivity contribution is -0.141. The molecule has 0 atom stereocenters. The zero-order valence-corrected chi connectivity index (χ0v) is 12.6. The van der Waals surface area contributed by atoms with Crippen LogP contribution in [-0.4, -0.2) is 9.61 Å². The van der Waals surface area contributed by atoms with Gasteiger partial charge in [-0.05, 0) is 43.5 Å². The van der Waals surface area contributed by atoms with E-state index in [4.69, 9.17) is 0 Å². The van der Waals surface area contributed by atoms with Gasteiger partial charge in [0.2, 0.25) is 0 Å². The zero-order valence-electron chi connectivity index (χ0n) is 12.6. The molecule has 0 N–H and O–H groups in total. The molecule has 116 valence electrons. The van der Waals surface area contributed by atoms with Gasteiger partial charge in [-0.3, -0.25) is 0 Å². The molecule has 4 rings (SSSR count). The van der Waals surface area contributed by atoms with E-state index in [0.717, 1.165) is 33.4 Å². The summed E-state index contributed by atoms with van der Waals surface area (Å²) in [7, 11) is 0. The molecule has 2 heterocycles. The zero-order chi connectivity index (χ0) is 16.4. The van der Waals surface area contributed by atoms with Crippen LogP contribution < -0.4 is 0 Å². The van der Waals surface area contributed by atoms with Crippen molar-refractivity contribution in [3.63, 3.8) is 0 Å². The molecule has 0 spiro atoms. The third-order valence-corrected chi connectivity index (χ3v) is 4.12.